The normalized spacial score (nSPS) is 14.2. The van der Waals surface area contributed by atoms with Crippen molar-refractivity contribution in [3.05, 3.63) is 34.3 Å². The first-order valence-corrected chi connectivity index (χ1v) is 5.46. The molecule has 1 aromatic carbocycles. The molecule has 0 saturated heterocycles. The van der Waals surface area contributed by atoms with Gasteiger partial charge in [-0.3, -0.25) is 0 Å². The summed E-state index contributed by atoms with van der Waals surface area (Å²) in [7, 11) is 0. The topological polar surface area (TPSA) is 0 Å². The van der Waals surface area contributed by atoms with Crippen molar-refractivity contribution in [1.29, 1.82) is 0 Å². The van der Waals surface area contributed by atoms with E-state index in [2.05, 4.69) is 67.9 Å². The van der Waals surface area contributed by atoms with E-state index in [9.17, 15) is 0 Å². The second-order valence-corrected chi connectivity index (χ2v) is 5.56. The van der Waals surface area contributed by atoms with Gasteiger partial charge in [0.25, 0.3) is 0 Å². The van der Waals surface area contributed by atoms with Crippen LogP contribution in [-0.2, 0) is 0 Å². The summed E-state index contributed by atoms with van der Waals surface area (Å²) in [6.07, 6.45) is 0. The van der Waals surface area contributed by atoms with Gasteiger partial charge in [0, 0.05) is 4.47 Å². The highest BCUT2D eigenvalue weighted by atomic mass is 79.9. The molecule has 0 amide bonds. The molecular weight excluding hydrogens is 224 g/mol. The van der Waals surface area contributed by atoms with E-state index in [1.165, 1.54) is 10.0 Å². The Morgan fingerprint density at radius 3 is 2.31 bits per heavy atom. The molecule has 72 valence electrons. The molecule has 0 aliphatic heterocycles. The van der Waals surface area contributed by atoms with Crippen molar-refractivity contribution in [2.45, 2.75) is 33.6 Å². The van der Waals surface area contributed by atoms with Gasteiger partial charge in [-0.15, -0.1) is 0 Å². The molecule has 0 fully saturated rings. The van der Waals surface area contributed by atoms with Crippen LogP contribution in [0.2, 0.25) is 0 Å². The van der Waals surface area contributed by atoms with Crippen LogP contribution in [-0.4, -0.2) is 0 Å². The highest BCUT2D eigenvalue weighted by molar-refractivity contribution is 9.10. The SMILES string of the molecule is CC(c1cccc(Br)c1)C(C)(C)C. The summed E-state index contributed by atoms with van der Waals surface area (Å²) in [5, 5.41) is 0. The first-order chi connectivity index (χ1) is 5.91. The van der Waals surface area contributed by atoms with E-state index in [0.717, 1.165) is 0 Å². The van der Waals surface area contributed by atoms with Gasteiger partial charge in [-0.05, 0) is 29.0 Å². The number of halogens is 1. The lowest BCUT2D eigenvalue weighted by Crippen LogP contribution is -2.15. The second kappa shape index (κ2) is 3.83. The second-order valence-electron chi connectivity index (χ2n) is 4.64. The fourth-order valence-corrected chi connectivity index (χ4v) is 1.69. The van der Waals surface area contributed by atoms with Crippen LogP contribution >= 0.6 is 15.9 Å². The number of rotatable bonds is 1. The third-order valence-corrected chi connectivity index (χ3v) is 3.14. The third kappa shape index (κ3) is 2.84. The monoisotopic (exact) mass is 240 g/mol. The summed E-state index contributed by atoms with van der Waals surface area (Å²) in [5.74, 6) is 0.588. The van der Waals surface area contributed by atoms with E-state index in [1.54, 1.807) is 0 Å². The first-order valence-electron chi connectivity index (χ1n) is 4.67. The molecule has 0 spiro atoms. The molecule has 0 aliphatic rings. The van der Waals surface area contributed by atoms with Crippen LogP contribution in [0.15, 0.2) is 28.7 Å². The largest absolute Gasteiger partial charge is 0.0609 e. The molecule has 0 aromatic heterocycles. The summed E-state index contributed by atoms with van der Waals surface area (Å²) in [4.78, 5) is 0. The molecule has 0 aliphatic carbocycles. The summed E-state index contributed by atoms with van der Waals surface area (Å²) in [6.45, 7) is 9.11. The molecule has 0 heterocycles. The molecule has 1 aromatic rings. The Balaban J connectivity index is 2.96. The van der Waals surface area contributed by atoms with Gasteiger partial charge in [-0.25, -0.2) is 0 Å². The van der Waals surface area contributed by atoms with Crippen LogP contribution < -0.4 is 0 Å². The molecule has 13 heavy (non-hydrogen) atoms. The molecule has 0 radical (unpaired) electrons. The third-order valence-electron chi connectivity index (χ3n) is 2.65. The molecular formula is C12H17Br. The van der Waals surface area contributed by atoms with Gasteiger partial charge in [0.1, 0.15) is 0 Å². The standard InChI is InChI=1S/C12H17Br/c1-9(12(2,3)4)10-6-5-7-11(13)8-10/h5-9H,1-4H3. The van der Waals surface area contributed by atoms with Crippen molar-refractivity contribution in [2.75, 3.05) is 0 Å². The van der Waals surface area contributed by atoms with E-state index in [0.29, 0.717) is 11.3 Å². The molecule has 0 N–H and O–H groups in total. The Bertz CT molecular complexity index is 283. The maximum absolute atomic E-state index is 3.50. The fraction of sp³-hybridized carbons (Fsp3) is 0.500. The average Bonchev–Trinajstić information content (AvgIpc) is 2.01. The average molecular weight is 241 g/mol. The van der Waals surface area contributed by atoms with E-state index in [4.69, 9.17) is 0 Å². The number of hydrogen-bond acceptors (Lipinski definition) is 0. The van der Waals surface area contributed by atoms with Crippen molar-refractivity contribution in [2.24, 2.45) is 5.41 Å². The highest BCUT2D eigenvalue weighted by Gasteiger charge is 2.21. The summed E-state index contributed by atoms with van der Waals surface area (Å²) in [5.41, 5.74) is 1.74. The van der Waals surface area contributed by atoms with E-state index in [-0.39, 0.29) is 0 Å². The highest BCUT2D eigenvalue weighted by Crippen LogP contribution is 2.35. The van der Waals surface area contributed by atoms with Gasteiger partial charge >= 0.3 is 0 Å². The zero-order valence-electron chi connectivity index (χ0n) is 8.76. The zero-order valence-corrected chi connectivity index (χ0v) is 10.4. The number of hydrogen-bond donors (Lipinski definition) is 0. The van der Waals surface area contributed by atoms with Gasteiger partial charge in [0.2, 0.25) is 0 Å². The van der Waals surface area contributed by atoms with Crippen molar-refractivity contribution in [3.63, 3.8) is 0 Å². The van der Waals surface area contributed by atoms with Gasteiger partial charge < -0.3 is 0 Å². The maximum atomic E-state index is 3.50. The quantitative estimate of drug-likeness (QED) is 0.674. The predicted molar refractivity (Wildman–Crippen MR) is 62.0 cm³/mol. The Labute approximate surface area is 89.5 Å². The zero-order chi connectivity index (χ0) is 10.1. The van der Waals surface area contributed by atoms with E-state index >= 15 is 0 Å². The lowest BCUT2D eigenvalue weighted by Gasteiger charge is -2.27. The smallest absolute Gasteiger partial charge is 0.0178 e. The maximum Gasteiger partial charge on any atom is 0.0178 e. The van der Waals surface area contributed by atoms with Crippen molar-refractivity contribution in [1.82, 2.24) is 0 Å². The van der Waals surface area contributed by atoms with Crippen molar-refractivity contribution >= 4 is 15.9 Å². The Morgan fingerprint density at radius 2 is 1.85 bits per heavy atom. The minimum absolute atomic E-state index is 0.334. The minimum atomic E-state index is 0.334. The van der Waals surface area contributed by atoms with Crippen molar-refractivity contribution in [3.8, 4) is 0 Å². The van der Waals surface area contributed by atoms with Crippen LogP contribution in [0.3, 0.4) is 0 Å². The predicted octanol–water partition coefficient (Wildman–Crippen LogP) is 4.60. The van der Waals surface area contributed by atoms with Crippen molar-refractivity contribution < 1.29 is 0 Å². The molecule has 1 atom stereocenters. The Kier molecular flexibility index (Phi) is 3.18. The van der Waals surface area contributed by atoms with Crippen LogP contribution in [0.4, 0.5) is 0 Å². The summed E-state index contributed by atoms with van der Waals surface area (Å²) in [6, 6.07) is 8.57. The van der Waals surface area contributed by atoms with Gasteiger partial charge in [-0.2, -0.15) is 0 Å². The van der Waals surface area contributed by atoms with E-state index in [1.807, 2.05) is 0 Å². The Morgan fingerprint density at radius 1 is 1.23 bits per heavy atom. The molecule has 0 saturated carbocycles. The Hall–Kier alpha value is -0.300. The van der Waals surface area contributed by atoms with Crippen LogP contribution in [0, 0.1) is 5.41 Å². The first kappa shape index (κ1) is 10.8. The minimum Gasteiger partial charge on any atom is -0.0609 e. The molecule has 0 bridgehead atoms. The summed E-state index contributed by atoms with van der Waals surface area (Å²) >= 11 is 3.50. The molecule has 1 unspecified atom stereocenters. The lowest BCUT2D eigenvalue weighted by molar-refractivity contribution is 0.339. The van der Waals surface area contributed by atoms with Gasteiger partial charge in [-0.1, -0.05) is 55.8 Å². The fourth-order valence-electron chi connectivity index (χ4n) is 1.28. The van der Waals surface area contributed by atoms with Crippen LogP contribution in [0.1, 0.15) is 39.2 Å². The molecule has 1 heteroatoms. The number of benzene rings is 1. The van der Waals surface area contributed by atoms with Gasteiger partial charge in [0.05, 0.1) is 0 Å². The lowest BCUT2D eigenvalue weighted by atomic mass is 9.78. The van der Waals surface area contributed by atoms with E-state index < -0.39 is 0 Å². The van der Waals surface area contributed by atoms with Gasteiger partial charge in [0.15, 0.2) is 0 Å². The molecule has 0 nitrogen and oxygen atoms in total. The van der Waals surface area contributed by atoms with Crippen LogP contribution in [0.5, 0.6) is 0 Å². The summed E-state index contributed by atoms with van der Waals surface area (Å²) < 4.78 is 1.17. The van der Waals surface area contributed by atoms with Crippen LogP contribution in [0.25, 0.3) is 0 Å². The molecule has 1 rings (SSSR count).